The van der Waals surface area contributed by atoms with Gasteiger partial charge in [-0.15, -0.1) is 6.42 Å². The van der Waals surface area contributed by atoms with Gasteiger partial charge in [-0.1, -0.05) is 12.3 Å². The van der Waals surface area contributed by atoms with Gasteiger partial charge in [-0.3, -0.25) is 14.4 Å². The molecule has 0 atom stereocenters. The molecule has 0 unspecified atom stereocenters. The van der Waals surface area contributed by atoms with E-state index in [0.29, 0.717) is 173 Å². The number of H-pyrrole nitrogens is 1. The number of aromatic amines is 1. The summed E-state index contributed by atoms with van der Waals surface area (Å²) in [6.45, 7) is 7.36. The summed E-state index contributed by atoms with van der Waals surface area (Å²) in [5.41, 5.74) is 9.17. The van der Waals surface area contributed by atoms with E-state index in [-0.39, 0.29) is 36.3 Å². The molecule has 1 aromatic carbocycles. The highest BCUT2D eigenvalue weighted by molar-refractivity contribution is 6.00. The number of aryl methyl sites for hydroxylation is 1. The molecule has 0 fully saturated rings. The van der Waals surface area contributed by atoms with E-state index < -0.39 is 0 Å². The summed E-state index contributed by atoms with van der Waals surface area (Å²) in [6, 6.07) is 7.04. The van der Waals surface area contributed by atoms with Gasteiger partial charge in [-0.2, -0.15) is 5.10 Å². The number of esters is 1. The van der Waals surface area contributed by atoms with Crippen LogP contribution in [0.2, 0.25) is 0 Å². The predicted octanol–water partition coefficient (Wildman–Crippen LogP) is 4.61. The second kappa shape index (κ2) is 32.6. The molecule has 0 aliphatic carbocycles. The number of nitrogens with two attached hydrogens (primary N) is 1. The minimum atomic E-state index is -0.329. The van der Waals surface area contributed by atoms with E-state index in [4.69, 9.17) is 59.9 Å². The van der Waals surface area contributed by atoms with Gasteiger partial charge in [0.25, 0.3) is 0 Å². The molecular formula is C46H66N6O13. The van der Waals surface area contributed by atoms with Crippen molar-refractivity contribution in [3.8, 4) is 29.5 Å². The van der Waals surface area contributed by atoms with E-state index in [9.17, 15) is 19.5 Å². The number of phenolic OH excluding ortho intramolecular Hbond substituents is 1. The maximum absolute atomic E-state index is 12.4. The van der Waals surface area contributed by atoms with Crippen molar-refractivity contribution < 1.29 is 62.1 Å². The Kier molecular flexibility index (Phi) is 26.4. The first-order valence-corrected chi connectivity index (χ1v) is 22.4. The Morgan fingerprint density at radius 2 is 1.18 bits per heavy atom. The zero-order valence-corrected chi connectivity index (χ0v) is 37.5. The van der Waals surface area contributed by atoms with E-state index >= 15 is 0 Å². The molecule has 19 heteroatoms. The number of carbonyl (C=O) groups excluding carboxylic acids is 3. The summed E-state index contributed by atoms with van der Waals surface area (Å²) >= 11 is 0. The number of hydrogen-bond donors (Lipinski definition) is 3. The average Bonchev–Trinajstić information content (AvgIpc) is 3.90. The number of aromatic hydroxyl groups is 1. The SMILES string of the molecule is C#CCOC(=O)CCCOCCOCCOCCOCCC(=O)CCCOCCOCCOCCOCCC(=O)CCCCCn1nc(-c2cc3cc(O)ccc3[nH]2)c2c(N)ncnc21. The Balaban J connectivity index is 0.853. The highest BCUT2D eigenvalue weighted by atomic mass is 16.6. The van der Waals surface area contributed by atoms with Crippen LogP contribution in [0, 0.1) is 12.3 Å². The molecule has 0 saturated carbocycles. The van der Waals surface area contributed by atoms with Crippen LogP contribution < -0.4 is 5.73 Å². The summed E-state index contributed by atoms with van der Waals surface area (Å²) in [6.07, 6.45) is 12.0. The molecule has 3 heterocycles. The highest BCUT2D eigenvalue weighted by Gasteiger charge is 2.19. The van der Waals surface area contributed by atoms with Crippen molar-refractivity contribution in [3.05, 3.63) is 30.6 Å². The number of ketones is 2. The number of nitrogen functional groups attached to an aromatic ring is 1. The number of terminal acetylenes is 1. The number of phenols is 1. The lowest BCUT2D eigenvalue weighted by atomic mass is 10.1. The standard InChI is InChI=1S/C46H66N6O13/c1-2-16-65-42(56)10-7-18-58-22-26-62-30-32-64-28-24-60-20-14-38(54)9-6-17-57-21-25-61-29-31-63-27-23-59-19-13-37(53)8-4-3-5-15-52-46-43(45(47)48-35-49-46)44(51-52)41-34-36-33-39(55)11-12-40(36)50-41/h1,11-12,33-35,50,55H,3-10,13-32H2,(H2,47,48,49). The molecule has 65 heavy (non-hydrogen) atoms. The van der Waals surface area contributed by atoms with Crippen molar-refractivity contribution >= 4 is 45.3 Å². The summed E-state index contributed by atoms with van der Waals surface area (Å²) in [4.78, 5) is 47.7. The van der Waals surface area contributed by atoms with E-state index in [2.05, 4.69) is 20.9 Å². The molecule has 4 rings (SSSR count). The molecule has 4 N–H and O–H groups in total. The van der Waals surface area contributed by atoms with Gasteiger partial charge in [0.2, 0.25) is 0 Å². The number of aromatic nitrogens is 5. The van der Waals surface area contributed by atoms with Crippen LogP contribution in [0.15, 0.2) is 30.6 Å². The predicted molar refractivity (Wildman–Crippen MR) is 241 cm³/mol. The number of Topliss-reactive ketones (excluding diaryl/α,β-unsaturated/α-hetero) is 2. The number of ether oxygens (including phenoxy) is 9. The van der Waals surface area contributed by atoms with Gasteiger partial charge in [0.1, 0.15) is 35.2 Å². The van der Waals surface area contributed by atoms with Crippen LogP contribution in [0.3, 0.4) is 0 Å². The van der Waals surface area contributed by atoms with E-state index in [1.807, 2.05) is 16.8 Å². The molecule has 3 aromatic heterocycles. The van der Waals surface area contributed by atoms with Crippen molar-refractivity contribution in [3.63, 3.8) is 0 Å². The fraction of sp³-hybridized carbons (Fsp3) is 0.609. The fourth-order valence-electron chi connectivity index (χ4n) is 6.41. The normalized spacial score (nSPS) is 11.4. The Labute approximate surface area is 380 Å². The Bertz CT molecular complexity index is 2020. The molecule has 0 amide bonds. The first-order valence-electron chi connectivity index (χ1n) is 22.4. The molecule has 0 saturated heterocycles. The van der Waals surface area contributed by atoms with Gasteiger partial charge < -0.3 is 58.5 Å². The van der Waals surface area contributed by atoms with Crippen molar-refractivity contribution in [2.45, 2.75) is 70.8 Å². The minimum absolute atomic E-state index is 0.00833. The molecular weight excluding hydrogens is 845 g/mol. The number of anilines is 1. The average molecular weight is 911 g/mol. The topological polar surface area (TPSA) is 240 Å². The number of unbranched alkanes of at least 4 members (excludes halogenated alkanes) is 2. The summed E-state index contributed by atoms with van der Waals surface area (Å²) in [7, 11) is 0. The Morgan fingerprint density at radius 1 is 0.646 bits per heavy atom. The van der Waals surface area contributed by atoms with Crippen LogP contribution >= 0.6 is 0 Å². The van der Waals surface area contributed by atoms with Gasteiger partial charge in [-0.25, -0.2) is 14.6 Å². The zero-order valence-electron chi connectivity index (χ0n) is 37.5. The number of fused-ring (bicyclic) bond motifs is 2. The number of nitrogens with one attached hydrogen (secondary N) is 1. The number of hydrogen-bond acceptors (Lipinski definition) is 17. The van der Waals surface area contributed by atoms with E-state index in [1.165, 1.54) is 6.33 Å². The summed E-state index contributed by atoms with van der Waals surface area (Å²) in [5, 5.41) is 16.2. The fourth-order valence-corrected chi connectivity index (χ4v) is 6.41. The Hall–Kier alpha value is -5.04. The molecule has 0 spiro atoms. The molecule has 0 aliphatic rings. The van der Waals surface area contributed by atoms with E-state index in [1.54, 1.807) is 12.1 Å². The van der Waals surface area contributed by atoms with Crippen LogP contribution in [0.25, 0.3) is 33.3 Å². The molecule has 4 aromatic rings. The second-order valence-corrected chi connectivity index (χ2v) is 14.8. The van der Waals surface area contributed by atoms with Crippen molar-refractivity contribution in [2.24, 2.45) is 0 Å². The zero-order chi connectivity index (χ0) is 46.2. The van der Waals surface area contributed by atoms with Gasteiger partial charge >= 0.3 is 5.97 Å². The molecule has 0 radical (unpaired) electrons. The first kappa shape index (κ1) is 52.6. The lowest BCUT2D eigenvalue weighted by molar-refractivity contribution is -0.142. The van der Waals surface area contributed by atoms with Gasteiger partial charge in [0.05, 0.1) is 104 Å². The quantitative estimate of drug-likeness (QED) is 0.0314. The maximum Gasteiger partial charge on any atom is 0.306 e. The molecule has 0 aliphatic heterocycles. The van der Waals surface area contributed by atoms with Crippen LogP contribution in [-0.2, 0) is 63.6 Å². The van der Waals surface area contributed by atoms with Crippen molar-refractivity contribution in [1.82, 2.24) is 24.7 Å². The van der Waals surface area contributed by atoms with Gasteiger partial charge in [0.15, 0.2) is 12.3 Å². The number of nitrogens with zero attached hydrogens (tertiary/aromatic N) is 4. The molecule has 0 bridgehead atoms. The largest absolute Gasteiger partial charge is 0.508 e. The third-order valence-corrected chi connectivity index (χ3v) is 9.76. The number of benzene rings is 1. The summed E-state index contributed by atoms with van der Waals surface area (Å²) < 4.78 is 50.5. The summed E-state index contributed by atoms with van der Waals surface area (Å²) in [5.74, 6) is 2.75. The van der Waals surface area contributed by atoms with Crippen molar-refractivity contribution in [2.75, 3.05) is 118 Å². The van der Waals surface area contributed by atoms with Crippen LogP contribution in [0.5, 0.6) is 5.75 Å². The van der Waals surface area contributed by atoms with E-state index in [0.717, 1.165) is 35.9 Å². The van der Waals surface area contributed by atoms with Gasteiger partial charge in [-0.05, 0) is 49.9 Å². The van der Waals surface area contributed by atoms with Crippen LogP contribution in [0.4, 0.5) is 5.82 Å². The lowest BCUT2D eigenvalue weighted by Crippen LogP contribution is -2.13. The number of rotatable bonds is 40. The van der Waals surface area contributed by atoms with Crippen molar-refractivity contribution in [1.29, 1.82) is 0 Å². The number of carbonyl (C=O) groups is 3. The third-order valence-electron chi connectivity index (χ3n) is 9.76. The van der Waals surface area contributed by atoms with Crippen LogP contribution in [-0.4, -0.2) is 160 Å². The Morgan fingerprint density at radius 3 is 1.77 bits per heavy atom. The third kappa shape index (κ3) is 21.7. The first-order chi connectivity index (χ1) is 31.9. The minimum Gasteiger partial charge on any atom is -0.508 e. The van der Waals surface area contributed by atoms with Gasteiger partial charge in [0, 0.05) is 62.8 Å². The van der Waals surface area contributed by atoms with Crippen LogP contribution in [0.1, 0.15) is 64.2 Å². The smallest absolute Gasteiger partial charge is 0.306 e. The molecule has 19 nitrogen and oxygen atoms in total. The monoisotopic (exact) mass is 910 g/mol. The second-order valence-electron chi connectivity index (χ2n) is 14.8. The maximum atomic E-state index is 12.4. The lowest BCUT2D eigenvalue weighted by Gasteiger charge is -2.08. The molecule has 358 valence electrons. The highest BCUT2D eigenvalue weighted by Crippen LogP contribution is 2.32.